The van der Waals surface area contributed by atoms with Crippen molar-refractivity contribution in [1.82, 2.24) is 29.1 Å². The molecule has 0 saturated carbocycles. The first-order valence-corrected chi connectivity index (χ1v) is 20.8. The molecule has 7 aromatic carbocycles. The van der Waals surface area contributed by atoms with E-state index in [4.69, 9.17) is 19.9 Å². The molecular weight excluding hydrogens is 733 g/mol. The molecule has 0 saturated heterocycles. The molecule has 60 heavy (non-hydrogen) atoms. The van der Waals surface area contributed by atoms with Gasteiger partial charge in [-0.2, -0.15) is 9.97 Å². The second-order valence-electron chi connectivity index (χ2n) is 17.8. The zero-order valence-corrected chi connectivity index (χ0v) is 33.5. The third kappa shape index (κ3) is 3.77. The molecule has 6 nitrogen and oxygen atoms in total. The molecule has 3 aliphatic rings. The van der Waals surface area contributed by atoms with Gasteiger partial charge in [0.05, 0.1) is 38.8 Å². The van der Waals surface area contributed by atoms with E-state index in [0.29, 0.717) is 17.5 Å². The lowest BCUT2D eigenvalue weighted by Gasteiger charge is -2.21. The van der Waals surface area contributed by atoms with Crippen molar-refractivity contribution in [3.8, 4) is 56.7 Å². The van der Waals surface area contributed by atoms with Crippen molar-refractivity contribution < 1.29 is 0 Å². The maximum atomic E-state index is 5.45. The predicted molar refractivity (Wildman–Crippen MR) is 243 cm³/mol. The van der Waals surface area contributed by atoms with Crippen molar-refractivity contribution in [3.05, 3.63) is 168 Å². The topological polar surface area (TPSA) is 61.4 Å². The average Bonchev–Trinajstić information content (AvgIpc) is 4.02. The molecule has 3 aliphatic carbocycles. The van der Waals surface area contributed by atoms with Crippen LogP contribution >= 0.6 is 0 Å². The number of rotatable bonds is 2. The van der Waals surface area contributed by atoms with Crippen molar-refractivity contribution in [1.29, 1.82) is 0 Å². The van der Waals surface area contributed by atoms with Crippen LogP contribution in [0.2, 0.25) is 0 Å². The molecule has 4 heterocycles. The molecule has 0 amide bonds. The normalized spacial score (nSPS) is 14.9. The van der Waals surface area contributed by atoms with E-state index in [2.05, 4.69) is 182 Å². The molecule has 0 N–H and O–H groups in total. The molecular formula is C54H36N6. The molecule has 0 bridgehead atoms. The standard InChI is InChI=1S/C54H36N6/c1-53(2)35-21-11-7-17-31(35)43-37(53)25-27-41-45(43)33-19-9-13-23-39(33)59(41)51-55-48-29-15-5-6-16-30(29)49-47(48)50(57-51)58-52(56-49)60-40-24-14-10-20-34(40)46-42(60)28-26-38-44(46)32-18-8-12-22-36(32)54(38,3)4/h5-28H,1-4H3. The summed E-state index contributed by atoms with van der Waals surface area (Å²) in [5.74, 6) is 1.20. The molecule has 4 aromatic heterocycles. The SMILES string of the molecule is CC1(C)c2ccccc2-c2c1ccc1c2c2ccccc2n1-c1nc2c3c(nc(-n4c5ccccc5c5c6c(ccc54)C(C)(C)c4ccccc4-6)nc3n1)-c1ccccc1-2. The number of fused-ring (bicyclic) bond motifs is 17. The van der Waals surface area contributed by atoms with Crippen molar-refractivity contribution in [2.75, 3.05) is 0 Å². The van der Waals surface area contributed by atoms with Gasteiger partial charge < -0.3 is 0 Å². The Morgan fingerprint density at radius 3 is 1.22 bits per heavy atom. The van der Waals surface area contributed by atoms with E-state index in [0.717, 1.165) is 50.0 Å². The van der Waals surface area contributed by atoms with Crippen LogP contribution in [0.5, 0.6) is 0 Å². The van der Waals surface area contributed by atoms with Crippen molar-refractivity contribution in [3.63, 3.8) is 0 Å². The van der Waals surface area contributed by atoms with Crippen LogP contribution in [-0.2, 0) is 10.8 Å². The largest absolute Gasteiger partial charge is 0.278 e. The fourth-order valence-electron chi connectivity index (χ4n) is 11.4. The third-order valence-electron chi connectivity index (χ3n) is 14.1. The summed E-state index contributed by atoms with van der Waals surface area (Å²) >= 11 is 0. The summed E-state index contributed by atoms with van der Waals surface area (Å²) in [6, 6.07) is 52.8. The molecule has 14 rings (SSSR count). The first-order valence-electron chi connectivity index (χ1n) is 20.8. The molecule has 0 spiro atoms. The Labute approximate surface area is 345 Å². The summed E-state index contributed by atoms with van der Waals surface area (Å²) in [5.41, 5.74) is 19.1. The average molecular weight is 769 g/mol. The zero-order chi connectivity index (χ0) is 39.8. The van der Waals surface area contributed by atoms with E-state index >= 15 is 0 Å². The molecule has 0 atom stereocenters. The predicted octanol–water partition coefficient (Wildman–Crippen LogP) is 12.9. The van der Waals surface area contributed by atoms with Gasteiger partial charge in [0.15, 0.2) is 5.65 Å². The monoisotopic (exact) mass is 768 g/mol. The Kier molecular flexibility index (Phi) is 5.84. The summed E-state index contributed by atoms with van der Waals surface area (Å²) in [6.07, 6.45) is 0. The number of benzene rings is 7. The Morgan fingerprint density at radius 2 is 0.750 bits per heavy atom. The second-order valence-corrected chi connectivity index (χ2v) is 17.8. The maximum Gasteiger partial charge on any atom is 0.237 e. The van der Waals surface area contributed by atoms with Crippen LogP contribution in [0.3, 0.4) is 0 Å². The second kappa shape index (κ2) is 10.8. The first kappa shape index (κ1) is 32.5. The molecule has 0 unspecified atom stereocenters. The summed E-state index contributed by atoms with van der Waals surface area (Å²) in [4.78, 5) is 21.8. The lowest BCUT2D eigenvalue weighted by atomic mass is 9.82. The van der Waals surface area contributed by atoms with Crippen LogP contribution in [0.25, 0.3) is 111 Å². The van der Waals surface area contributed by atoms with Gasteiger partial charge in [0, 0.05) is 43.5 Å². The summed E-state index contributed by atoms with van der Waals surface area (Å²) in [5, 5.41) is 5.72. The lowest BCUT2D eigenvalue weighted by Crippen LogP contribution is -2.14. The van der Waals surface area contributed by atoms with Gasteiger partial charge in [0.2, 0.25) is 11.9 Å². The van der Waals surface area contributed by atoms with Crippen LogP contribution in [0, 0.1) is 0 Å². The van der Waals surface area contributed by atoms with Crippen LogP contribution in [0.4, 0.5) is 0 Å². The number of aromatic nitrogens is 6. The Bertz CT molecular complexity index is 3540. The van der Waals surface area contributed by atoms with Gasteiger partial charge in [-0.25, -0.2) is 9.97 Å². The van der Waals surface area contributed by atoms with Crippen LogP contribution in [0.15, 0.2) is 146 Å². The highest BCUT2D eigenvalue weighted by molar-refractivity contribution is 6.19. The minimum atomic E-state index is -0.116. The highest BCUT2D eigenvalue weighted by atomic mass is 15.2. The molecule has 282 valence electrons. The van der Waals surface area contributed by atoms with E-state index in [-0.39, 0.29) is 10.8 Å². The fraction of sp³-hybridized carbons (Fsp3) is 0.111. The van der Waals surface area contributed by atoms with E-state index in [1.807, 2.05) is 0 Å². The Morgan fingerprint density at radius 1 is 0.350 bits per heavy atom. The quantitative estimate of drug-likeness (QED) is 0.176. The van der Waals surface area contributed by atoms with Crippen LogP contribution < -0.4 is 0 Å². The number of hydrogen-bond donors (Lipinski definition) is 0. The maximum absolute atomic E-state index is 5.45. The fourth-order valence-corrected chi connectivity index (χ4v) is 11.4. The molecule has 0 fully saturated rings. The smallest absolute Gasteiger partial charge is 0.237 e. The van der Waals surface area contributed by atoms with E-state index < -0.39 is 0 Å². The summed E-state index contributed by atoms with van der Waals surface area (Å²) in [7, 11) is 0. The lowest BCUT2D eigenvalue weighted by molar-refractivity contribution is 0.660. The van der Waals surface area contributed by atoms with E-state index in [1.165, 1.54) is 66.1 Å². The number of nitrogens with zero attached hydrogens (tertiary/aromatic N) is 6. The van der Waals surface area contributed by atoms with Gasteiger partial charge in [0.1, 0.15) is 0 Å². The zero-order valence-electron chi connectivity index (χ0n) is 33.5. The molecule has 6 heteroatoms. The molecule has 0 aliphatic heterocycles. The minimum absolute atomic E-state index is 0.116. The highest BCUT2D eigenvalue weighted by Crippen LogP contribution is 2.55. The molecule has 11 aromatic rings. The summed E-state index contributed by atoms with van der Waals surface area (Å²) < 4.78 is 4.50. The molecule has 0 radical (unpaired) electrons. The van der Waals surface area contributed by atoms with Gasteiger partial charge >= 0.3 is 0 Å². The van der Waals surface area contributed by atoms with E-state index in [1.54, 1.807) is 0 Å². The highest BCUT2D eigenvalue weighted by Gasteiger charge is 2.39. The number of para-hydroxylation sites is 2. The number of hydrogen-bond acceptors (Lipinski definition) is 4. The van der Waals surface area contributed by atoms with Gasteiger partial charge in [0.25, 0.3) is 0 Å². The summed E-state index contributed by atoms with van der Waals surface area (Å²) in [6.45, 7) is 9.36. The van der Waals surface area contributed by atoms with Crippen molar-refractivity contribution in [2.24, 2.45) is 0 Å². The van der Waals surface area contributed by atoms with Crippen molar-refractivity contribution in [2.45, 2.75) is 38.5 Å². The van der Waals surface area contributed by atoms with Crippen LogP contribution in [0.1, 0.15) is 49.9 Å². The van der Waals surface area contributed by atoms with Crippen LogP contribution in [-0.4, -0.2) is 29.1 Å². The van der Waals surface area contributed by atoms with Gasteiger partial charge in [-0.05, 0) is 68.8 Å². The third-order valence-corrected chi connectivity index (χ3v) is 14.1. The Hall–Kier alpha value is -7.44. The first-order chi connectivity index (χ1) is 29.3. The van der Waals surface area contributed by atoms with Gasteiger partial charge in [-0.3, -0.25) is 9.13 Å². The minimum Gasteiger partial charge on any atom is -0.278 e. The van der Waals surface area contributed by atoms with Crippen molar-refractivity contribution >= 4 is 54.6 Å². The van der Waals surface area contributed by atoms with Gasteiger partial charge in [-0.15, -0.1) is 0 Å². The van der Waals surface area contributed by atoms with E-state index in [9.17, 15) is 0 Å². The Balaban J connectivity index is 1.08. The van der Waals surface area contributed by atoms with Gasteiger partial charge in [-0.1, -0.05) is 149 Å².